The molecule has 0 aliphatic rings. The fourth-order valence-corrected chi connectivity index (χ4v) is 3.16. The number of aromatic amines is 1. The zero-order chi connectivity index (χ0) is 23.1. The van der Waals surface area contributed by atoms with Crippen LogP contribution in [0.5, 0.6) is 0 Å². The van der Waals surface area contributed by atoms with Crippen molar-refractivity contribution in [3.05, 3.63) is 77.7 Å². The van der Waals surface area contributed by atoms with Crippen molar-refractivity contribution < 1.29 is 0 Å². The number of rotatable bonds is 4. The Hall–Kier alpha value is -3.51. The monoisotopic (exact) mass is 428 g/mol. The Bertz CT molecular complexity index is 1190. The van der Waals surface area contributed by atoms with E-state index in [1.807, 2.05) is 49.8 Å². The summed E-state index contributed by atoms with van der Waals surface area (Å²) in [5.41, 5.74) is 7.43. The summed E-state index contributed by atoms with van der Waals surface area (Å²) < 4.78 is 0. The maximum atomic E-state index is 4.50. The highest BCUT2D eigenvalue weighted by molar-refractivity contribution is 6.14. The normalized spacial score (nSPS) is 11.4. The van der Waals surface area contributed by atoms with E-state index in [0.717, 1.165) is 39.2 Å². The maximum absolute atomic E-state index is 4.50. The molecule has 2 heterocycles. The predicted octanol–water partition coefficient (Wildman–Crippen LogP) is 5.34. The Morgan fingerprint density at radius 2 is 1.75 bits per heavy atom. The van der Waals surface area contributed by atoms with Crippen molar-refractivity contribution >= 4 is 22.4 Å². The van der Waals surface area contributed by atoms with E-state index in [1.54, 1.807) is 7.05 Å². The SMILES string of the molecule is CN=C(Nc1ccccc1)c1n[nH]c2ccc(-c3cncc(C)c3C)cc12.CNC(C)C. The number of pyridine rings is 1. The molecular weight excluding hydrogens is 396 g/mol. The molecule has 0 saturated heterocycles. The van der Waals surface area contributed by atoms with E-state index >= 15 is 0 Å². The van der Waals surface area contributed by atoms with E-state index in [1.165, 1.54) is 11.1 Å². The van der Waals surface area contributed by atoms with Crippen molar-refractivity contribution in [3.63, 3.8) is 0 Å². The molecule has 0 atom stereocenters. The molecule has 3 N–H and O–H groups in total. The molecule has 2 aromatic carbocycles. The lowest BCUT2D eigenvalue weighted by Gasteiger charge is -2.10. The third-order valence-electron chi connectivity index (χ3n) is 5.40. The minimum Gasteiger partial charge on any atom is -0.339 e. The third kappa shape index (κ3) is 5.39. The van der Waals surface area contributed by atoms with Crippen LogP contribution in [0.25, 0.3) is 22.0 Å². The Kier molecular flexibility index (Phi) is 7.73. The lowest BCUT2D eigenvalue weighted by molar-refractivity contribution is 0.668. The first-order valence-electron chi connectivity index (χ1n) is 10.8. The Labute approximate surface area is 190 Å². The average Bonchev–Trinajstić information content (AvgIpc) is 3.23. The molecule has 4 aromatic rings. The molecule has 0 amide bonds. The second-order valence-electron chi connectivity index (χ2n) is 7.97. The largest absolute Gasteiger partial charge is 0.339 e. The summed E-state index contributed by atoms with van der Waals surface area (Å²) in [6.45, 7) is 8.43. The number of hydrogen-bond acceptors (Lipinski definition) is 4. The summed E-state index contributed by atoms with van der Waals surface area (Å²) in [5.74, 6) is 0.726. The van der Waals surface area contributed by atoms with E-state index in [9.17, 15) is 0 Å². The number of aromatic nitrogens is 3. The number of aryl methyl sites for hydroxylation is 1. The summed E-state index contributed by atoms with van der Waals surface area (Å²) in [7, 11) is 3.72. The first-order valence-corrected chi connectivity index (χ1v) is 10.8. The van der Waals surface area contributed by atoms with Gasteiger partial charge in [0, 0.05) is 42.1 Å². The highest BCUT2D eigenvalue weighted by atomic mass is 15.1. The number of nitrogens with one attached hydrogen (secondary N) is 3. The number of nitrogens with zero attached hydrogens (tertiary/aromatic N) is 3. The molecule has 32 heavy (non-hydrogen) atoms. The van der Waals surface area contributed by atoms with Gasteiger partial charge in [-0.3, -0.25) is 15.1 Å². The molecule has 0 bridgehead atoms. The van der Waals surface area contributed by atoms with Crippen LogP contribution >= 0.6 is 0 Å². The molecule has 0 radical (unpaired) electrons. The van der Waals surface area contributed by atoms with Gasteiger partial charge < -0.3 is 10.6 Å². The van der Waals surface area contributed by atoms with Gasteiger partial charge in [0.15, 0.2) is 5.84 Å². The van der Waals surface area contributed by atoms with Crippen LogP contribution in [0.2, 0.25) is 0 Å². The van der Waals surface area contributed by atoms with Crippen molar-refractivity contribution in [2.45, 2.75) is 33.7 Å². The smallest absolute Gasteiger partial charge is 0.154 e. The quantitative estimate of drug-likeness (QED) is 0.303. The van der Waals surface area contributed by atoms with Crippen LogP contribution < -0.4 is 10.6 Å². The molecule has 166 valence electrons. The molecular formula is C26H32N6. The molecule has 6 nitrogen and oxygen atoms in total. The summed E-state index contributed by atoms with van der Waals surface area (Å²) >= 11 is 0. The van der Waals surface area contributed by atoms with Gasteiger partial charge in [0.1, 0.15) is 5.69 Å². The zero-order valence-electron chi connectivity index (χ0n) is 19.7. The van der Waals surface area contributed by atoms with Crippen LogP contribution in [0.1, 0.15) is 30.7 Å². The summed E-state index contributed by atoms with van der Waals surface area (Å²) in [6.07, 6.45) is 3.81. The van der Waals surface area contributed by atoms with Gasteiger partial charge in [0.25, 0.3) is 0 Å². The maximum Gasteiger partial charge on any atom is 0.154 e. The number of amidine groups is 1. The highest BCUT2D eigenvalue weighted by Gasteiger charge is 2.14. The summed E-state index contributed by atoms with van der Waals surface area (Å²) in [6, 6.07) is 16.9. The number of H-pyrrole nitrogens is 1. The number of hydrogen-bond donors (Lipinski definition) is 3. The molecule has 0 fully saturated rings. The topological polar surface area (TPSA) is 78.0 Å². The Morgan fingerprint density at radius 3 is 2.41 bits per heavy atom. The third-order valence-corrected chi connectivity index (χ3v) is 5.40. The first kappa shape index (κ1) is 23.2. The van der Waals surface area contributed by atoms with E-state index in [-0.39, 0.29) is 0 Å². The minimum absolute atomic E-state index is 0.634. The van der Waals surface area contributed by atoms with Crippen molar-refractivity contribution in [2.75, 3.05) is 19.4 Å². The molecule has 2 aromatic heterocycles. The molecule has 4 rings (SSSR count). The van der Waals surface area contributed by atoms with Crippen LogP contribution in [-0.2, 0) is 0 Å². The molecule has 0 unspecified atom stereocenters. The fourth-order valence-electron chi connectivity index (χ4n) is 3.16. The number of para-hydroxylation sites is 1. The van der Waals surface area contributed by atoms with Crippen LogP contribution in [0.3, 0.4) is 0 Å². The standard InChI is InChI=1S/C22H21N5.C4H11N/c1-14-12-24-13-19(15(14)2)16-9-10-20-18(11-16)21(27-26-20)22(23-3)25-17-7-5-4-6-8-17;1-4(2)5-3/h4-13H,1-3H3,(H,23,25)(H,26,27);4-5H,1-3H3. The molecule has 0 spiro atoms. The van der Waals surface area contributed by atoms with Gasteiger partial charge >= 0.3 is 0 Å². The van der Waals surface area contributed by atoms with Crippen molar-refractivity contribution in [2.24, 2.45) is 4.99 Å². The van der Waals surface area contributed by atoms with Crippen LogP contribution in [0, 0.1) is 13.8 Å². The number of anilines is 1. The molecule has 0 saturated carbocycles. The van der Waals surface area contributed by atoms with Gasteiger partial charge in [-0.05, 0) is 61.9 Å². The van der Waals surface area contributed by atoms with E-state index in [0.29, 0.717) is 6.04 Å². The van der Waals surface area contributed by atoms with Crippen molar-refractivity contribution in [3.8, 4) is 11.1 Å². The molecule has 0 aliphatic heterocycles. The zero-order valence-corrected chi connectivity index (χ0v) is 19.7. The van der Waals surface area contributed by atoms with E-state index in [2.05, 4.69) is 76.7 Å². The van der Waals surface area contributed by atoms with Crippen LogP contribution in [0.15, 0.2) is 65.9 Å². The first-order chi connectivity index (χ1) is 15.4. The lowest BCUT2D eigenvalue weighted by Crippen LogP contribution is -2.15. The second-order valence-corrected chi connectivity index (χ2v) is 7.97. The summed E-state index contributed by atoms with van der Waals surface area (Å²) in [4.78, 5) is 8.78. The van der Waals surface area contributed by atoms with Crippen LogP contribution in [0.4, 0.5) is 5.69 Å². The fraction of sp³-hybridized carbons (Fsp3) is 0.269. The van der Waals surface area contributed by atoms with Crippen molar-refractivity contribution in [1.82, 2.24) is 20.5 Å². The Morgan fingerprint density at radius 1 is 1.03 bits per heavy atom. The molecule has 0 aliphatic carbocycles. The van der Waals surface area contributed by atoms with Gasteiger partial charge in [0.05, 0.1) is 5.52 Å². The minimum atomic E-state index is 0.634. The number of benzene rings is 2. The van der Waals surface area contributed by atoms with Crippen molar-refractivity contribution in [1.29, 1.82) is 0 Å². The van der Waals surface area contributed by atoms with Gasteiger partial charge in [-0.15, -0.1) is 0 Å². The average molecular weight is 429 g/mol. The van der Waals surface area contributed by atoms with E-state index in [4.69, 9.17) is 0 Å². The van der Waals surface area contributed by atoms with Gasteiger partial charge in [-0.25, -0.2) is 0 Å². The Balaban J connectivity index is 0.000000523. The lowest BCUT2D eigenvalue weighted by atomic mass is 9.98. The second kappa shape index (κ2) is 10.7. The van der Waals surface area contributed by atoms with Gasteiger partial charge in [0.2, 0.25) is 0 Å². The van der Waals surface area contributed by atoms with Gasteiger partial charge in [-0.2, -0.15) is 5.10 Å². The molecule has 6 heteroatoms. The number of fused-ring (bicyclic) bond motifs is 1. The van der Waals surface area contributed by atoms with Crippen LogP contribution in [-0.4, -0.2) is 41.2 Å². The highest BCUT2D eigenvalue weighted by Crippen LogP contribution is 2.28. The number of aliphatic imine (C=N–C) groups is 1. The predicted molar refractivity (Wildman–Crippen MR) is 136 cm³/mol. The van der Waals surface area contributed by atoms with E-state index < -0.39 is 0 Å². The summed E-state index contributed by atoms with van der Waals surface area (Å²) in [5, 5.41) is 15.0. The van der Waals surface area contributed by atoms with Gasteiger partial charge in [-0.1, -0.05) is 38.1 Å².